The Bertz CT molecular complexity index is 810. The van der Waals surface area contributed by atoms with Gasteiger partial charge in [-0.25, -0.2) is 0 Å². The van der Waals surface area contributed by atoms with E-state index in [1.165, 1.54) is 5.56 Å². The number of hydrogen-bond donors (Lipinski definition) is 0. The van der Waals surface area contributed by atoms with E-state index in [9.17, 15) is 0 Å². The lowest BCUT2D eigenvalue weighted by Crippen LogP contribution is -2.47. The highest BCUT2D eigenvalue weighted by Gasteiger charge is 2.19. The number of aromatic nitrogens is 1. The van der Waals surface area contributed by atoms with E-state index in [-0.39, 0.29) is 0 Å². The summed E-state index contributed by atoms with van der Waals surface area (Å²) in [6, 6.07) is 12.2. The second-order valence-electron chi connectivity index (χ2n) is 6.19. The maximum absolute atomic E-state index is 6.32. The van der Waals surface area contributed by atoms with Crippen LogP contribution in [0.25, 0.3) is 10.6 Å². The fraction of sp³-hybridized carbons (Fsp3) is 0.316. The molecule has 0 N–H and O–H groups in total. The van der Waals surface area contributed by atoms with Crippen LogP contribution in [0.15, 0.2) is 52.5 Å². The van der Waals surface area contributed by atoms with Crippen molar-refractivity contribution in [2.75, 3.05) is 37.6 Å². The third kappa shape index (κ3) is 3.73. The third-order valence-electron chi connectivity index (χ3n) is 4.65. The molecule has 1 saturated heterocycles. The Balaban J connectivity index is 1.33. The van der Waals surface area contributed by atoms with E-state index in [0.29, 0.717) is 0 Å². The second kappa shape index (κ2) is 7.60. The predicted molar refractivity (Wildman–Crippen MR) is 104 cm³/mol. The maximum atomic E-state index is 6.32. The summed E-state index contributed by atoms with van der Waals surface area (Å²) < 4.78 is 5.46. The fourth-order valence-corrected chi connectivity index (χ4v) is 4.24. The smallest absolute Gasteiger partial charge is 0.179 e. The number of benzene rings is 1. The number of anilines is 1. The van der Waals surface area contributed by atoms with Gasteiger partial charge in [0.2, 0.25) is 0 Å². The molecule has 0 atom stereocenters. The lowest BCUT2D eigenvalue weighted by Gasteiger charge is -2.36. The summed E-state index contributed by atoms with van der Waals surface area (Å²) in [7, 11) is 0. The molecule has 3 heterocycles. The van der Waals surface area contributed by atoms with Crippen molar-refractivity contribution in [1.29, 1.82) is 0 Å². The van der Waals surface area contributed by atoms with E-state index in [4.69, 9.17) is 16.1 Å². The van der Waals surface area contributed by atoms with Crippen LogP contribution in [0.1, 0.15) is 5.56 Å². The van der Waals surface area contributed by atoms with Gasteiger partial charge < -0.3 is 9.42 Å². The Morgan fingerprint density at radius 1 is 1.08 bits per heavy atom. The largest absolute Gasteiger partial charge is 0.368 e. The molecule has 1 fully saturated rings. The van der Waals surface area contributed by atoms with Gasteiger partial charge >= 0.3 is 0 Å². The van der Waals surface area contributed by atoms with Crippen molar-refractivity contribution in [1.82, 2.24) is 10.1 Å². The quantitative estimate of drug-likeness (QED) is 0.662. The Morgan fingerprint density at radius 2 is 1.92 bits per heavy atom. The monoisotopic (exact) mass is 373 g/mol. The molecule has 0 unspecified atom stereocenters. The minimum absolute atomic E-state index is 0.834. The van der Waals surface area contributed by atoms with Crippen LogP contribution >= 0.6 is 22.9 Å². The minimum Gasteiger partial charge on any atom is -0.368 e. The van der Waals surface area contributed by atoms with Crippen molar-refractivity contribution < 1.29 is 4.52 Å². The maximum Gasteiger partial charge on any atom is 0.179 e. The summed E-state index contributed by atoms with van der Waals surface area (Å²) in [6.07, 6.45) is 2.82. The van der Waals surface area contributed by atoms with Gasteiger partial charge in [0.25, 0.3) is 0 Å². The van der Waals surface area contributed by atoms with Crippen LogP contribution in [0.4, 0.5) is 5.69 Å². The highest BCUT2D eigenvalue weighted by atomic mass is 35.5. The molecule has 4 nitrogen and oxygen atoms in total. The van der Waals surface area contributed by atoms with Crippen LogP contribution in [0.5, 0.6) is 0 Å². The van der Waals surface area contributed by atoms with E-state index in [1.807, 2.05) is 30.5 Å². The molecule has 4 rings (SSSR count). The van der Waals surface area contributed by atoms with E-state index in [2.05, 4.69) is 32.5 Å². The van der Waals surface area contributed by atoms with Crippen LogP contribution < -0.4 is 4.90 Å². The van der Waals surface area contributed by atoms with Crippen LogP contribution in [0.2, 0.25) is 5.02 Å². The average molecular weight is 374 g/mol. The first-order valence-electron chi connectivity index (χ1n) is 8.50. The first-order chi connectivity index (χ1) is 12.3. The van der Waals surface area contributed by atoms with Crippen molar-refractivity contribution >= 4 is 28.6 Å². The lowest BCUT2D eigenvalue weighted by atomic mass is 10.1. The Labute approximate surface area is 156 Å². The molecule has 0 bridgehead atoms. The van der Waals surface area contributed by atoms with Crippen LogP contribution in [-0.4, -0.2) is 42.8 Å². The molecule has 0 radical (unpaired) electrons. The summed E-state index contributed by atoms with van der Waals surface area (Å²) in [5.74, 6) is 0.921. The summed E-state index contributed by atoms with van der Waals surface area (Å²) in [5, 5.41) is 6.89. The SMILES string of the molecule is Clc1ccccc1N1CCN(CCc2cnoc2-c2cccs2)CC1. The number of hydrogen-bond acceptors (Lipinski definition) is 5. The number of halogens is 1. The molecule has 130 valence electrons. The molecule has 0 spiro atoms. The van der Waals surface area contributed by atoms with Gasteiger partial charge in [0.1, 0.15) is 0 Å². The zero-order chi connectivity index (χ0) is 17.1. The summed E-state index contributed by atoms with van der Waals surface area (Å²) in [4.78, 5) is 6.02. The van der Waals surface area contributed by atoms with Gasteiger partial charge in [0, 0.05) is 38.3 Å². The van der Waals surface area contributed by atoms with E-state index in [1.54, 1.807) is 11.3 Å². The zero-order valence-corrected chi connectivity index (χ0v) is 15.5. The van der Waals surface area contributed by atoms with Gasteiger partial charge in [-0.2, -0.15) is 0 Å². The highest BCUT2D eigenvalue weighted by molar-refractivity contribution is 7.13. The Kier molecular flexibility index (Phi) is 5.06. The standard InChI is InChI=1S/C19H20ClN3OS/c20-16-4-1-2-5-17(16)23-11-9-22(10-12-23)8-7-15-14-21-24-19(15)18-6-3-13-25-18/h1-6,13-14H,7-12H2. The van der Waals surface area contributed by atoms with Crippen LogP contribution in [-0.2, 0) is 6.42 Å². The normalized spacial score (nSPS) is 15.6. The molecule has 6 heteroatoms. The molecule has 0 amide bonds. The van der Waals surface area contributed by atoms with Gasteiger partial charge in [-0.05, 0) is 30.0 Å². The summed E-state index contributed by atoms with van der Waals surface area (Å²) in [5.41, 5.74) is 2.33. The number of para-hydroxylation sites is 1. The molecule has 1 aromatic carbocycles. The van der Waals surface area contributed by atoms with Crippen molar-refractivity contribution in [3.05, 3.63) is 58.6 Å². The van der Waals surface area contributed by atoms with Gasteiger partial charge in [-0.1, -0.05) is 35.0 Å². The van der Waals surface area contributed by atoms with Crippen molar-refractivity contribution in [3.8, 4) is 10.6 Å². The third-order valence-corrected chi connectivity index (χ3v) is 5.84. The average Bonchev–Trinajstić information content (AvgIpc) is 3.32. The Morgan fingerprint density at radius 3 is 2.68 bits per heavy atom. The van der Waals surface area contributed by atoms with Crippen LogP contribution in [0, 0.1) is 0 Å². The van der Waals surface area contributed by atoms with E-state index in [0.717, 1.165) is 60.5 Å². The number of nitrogens with zero attached hydrogens (tertiary/aromatic N) is 3. The number of piperazine rings is 1. The highest BCUT2D eigenvalue weighted by Crippen LogP contribution is 2.29. The first kappa shape index (κ1) is 16.6. The number of thiophene rings is 1. The molecule has 0 aliphatic carbocycles. The molecular weight excluding hydrogens is 354 g/mol. The van der Waals surface area contributed by atoms with Crippen molar-refractivity contribution in [2.24, 2.45) is 0 Å². The summed E-state index contributed by atoms with van der Waals surface area (Å²) >= 11 is 8.01. The molecule has 2 aromatic heterocycles. The fourth-order valence-electron chi connectivity index (χ4n) is 3.25. The molecule has 1 aliphatic rings. The van der Waals surface area contributed by atoms with Crippen molar-refractivity contribution in [3.63, 3.8) is 0 Å². The molecular formula is C19H20ClN3OS. The van der Waals surface area contributed by atoms with Gasteiger partial charge in [-0.3, -0.25) is 4.90 Å². The zero-order valence-electron chi connectivity index (χ0n) is 13.9. The molecule has 25 heavy (non-hydrogen) atoms. The molecule has 1 aliphatic heterocycles. The minimum atomic E-state index is 0.834. The molecule has 0 saturated carbocycles. The summed E-state index contributed by atoms with van der Waals surface area (Å²) in [6.45, 7) is 5.13. The van der Waals surface area contributed by atoms with Gasteiger partial charge in [0.05, 0.1) is 21.8 Å². The predicted octanol–water partition coefficient (Wildman–Crippen LogP) is 4.42. The van der Waals surface area contributed by atoms with Gasteiger partial charge in [0.15, 0.2) is 5.76 Å². The van der Waals surface area contributed by atoms with E-state index < -0.39 is 0 Å². The second-order valence-corrected chi connectivity index (χ2v) is 7.54. The topological polar surface area (TPSA) is 32.5 Å². The van der Waals surface area contributed by atoms with E-state index >= 15 is 0 Å². The first-order valence-corrected chi connectivity index (χ1v) is 9.76. The van der Waals surface area contributed by atoms with Gasteiger partial charge in [-0.15, -0.1) is 11.3 Å². The Hall–Kier alpha value is -1.82. The number of rotatable bonds is 5. The van der Waals surface area contributed by atoms with Crippen LogP contribution in [0.3, 0.4) is 0 Å². The van der Waals surface area contributed by atoms with Crippen molar-refractivity contribution in [2.45, 2.75) is 6.42 Å². The lowest BCUT2D eigenvalue weighted by molar-refractivity contribution is 0.261. The molecule has 3 aromatic rings.